The molecule has 0 spiro atoms. The van der Waals surface area contributed by atoms with E-state index in [1.165, 1.54) is 20.0 Å². The van der Waals surface area contributed by atoms with Crippen molar-refractivity contribution in [3.8, 4) is 34.4 Å². The topological polar surface area (TPSA) is 203 Å². The van der Waals surface area contributed by atoms with Gasteiger partial charge in [-0.2, -0.15) is 5.26 Å². The minimum Gasteiger partial charge on any atom is -0.488 e. The maximum Gasteiger partial charge on any atom is 0.326 e. The molecule has 13 nitrogen and oxygen atoms in total. The zero-order valence-corrected chi connectivity index (χ0v) is 35.9. The number of aliphatic hydroxyl groups is 2. The van der Waals surface area contributed by atoms with Crippen LogP contribution in [0.25, 0.3) is 11.1 Å². The minimum atomic E-state index is -1.62. The van der Waals surface area contributed by atoms with Crippen molar-refractivity contribution in [1.29, 1.82) is 5.26 Å². The third kappa shape index (κ3) is 11.2. The molecule has 1 aromatic heterocycles. The Morgan fingerprint density at radius 2 is 1.18 bits per heavy atom. The fourth-order valence-corrected chi connectivity index (χ4v) is 6.78. The summed E-state index contributed by atoms with van der Waals surface area (Å²) in [6.45, 7) is 8.13. The molecule has 15 heteroatoms. The molecule has 0 aliphatic heterocycles. The zero-order valence-electron chi connectivity index (χ0n) is 34.4. The van der Waals surface area contributed by atoms with E-state index in [-0.39, 0.29) is 37.9 Å². The average molecular weight is 872 g/mol. The fraction of sp³-hybridized carbons (Fsp3) is 0.304. The van der Waals surface area contributed by atoms with Crippen molar-refractivity contribution in [1.82, 2.24) is 15.6 Å². The van der Waals surface area contributed by atoms with Crippen LogP contribution in [-0.2, 0) is 42.5 Å². The Hall–Kier alpha value is -5.72. The summed E-state index contributed by atoms with van der Waals surface area (Å²) in [6, 6.07) is 22.5. The maximum atomic E-state index is 11.9. The first-order valence-electron chi connectivity index (χ1n) is 19.2. The Kier molecular flexibility index (Phi) is 15.4. The van der Waals surface area contributed by atoms with Gasteiger partial charge in [-0.25, -0.2) is 0 Å². The van der Waals surface area contributed by atoms with Crippen LogP contribution in [0.4, 0.5) is 0 Å². The monoisotopic (exact) mass is 870 g/mol. The van der Waals surface area contributed by atoms with Crippen LogP contribution in [0.15, 0.2) is 79.1 Å². The number of aryl methyl sites for hydroxylation is 1. The van der Waals surface area contributed by atoms with E-state index in [1.54, 1.807) is 30.5 Å². The molecule has 5 aromatic rings. The number of nitrogens with zero attached hydrogens (tertiary/aromatic N) is 2. The van der Waals surface area contributed by atoms with E-state index < -0.39 is 36.2 Å². The SMILES string of the molecule is Cc1cc(OCc2cccc(-c3cccc(COc4cc(OCc5cncc(C#N)c5)c(CNC(C)(CO)C(=O)O)cc4Cl)c3C)c2C)c(Cl)cc1CNC(C)(CO)C(=O)O. The Balaban J connectivity index is 1.33. The fourth-order valence-electron chi connectivity index (χ4n) is 6.30. The van der Waals surface area contributed by atoms with E-state index in [4.69, 9.17) is 37.4 Å². The van der Waals surface area contributed by atoms with Gasteiger partial charge in [0.25, 0.3) is 0 Å². The van der Waals surface area contributed by atoms with Crippen molar-refractivity contribution in [2.45, 2.75) is 78.6 Å². The number of aliphatic carboxylic acids is 2. The number of aromatic nitrogens is 1. The van der Waals surface area contributed by atoms with E-state index in [0.29, 0.717) is 39.0 Å². The maximum absolute atomic E-state index is 11.9. The van der Waals surface area contributed by atoms with Crippen LogP contribution in [-0.4, -0.2) is 61.6 Å². The lowest BCUT2D eigenvalue weighted by Crippen LogP contribution is -2.52. The first-order chi connectivity index (χ1) is 29.0. The number of hydrogen-bond donors (Lipinski definition) is 6. The molecule has 5 rings (SSSR count). The number of hydrogen-bond acceptors (Lipinski definition) is 11. The number of carbonyl (C=O) groups is 2. The predicted octanol–water partition coefficient (Wildman–Crippen LogP) is 7.44. The molecule has 1 heterocycles. The van der Waals surface area contributed by atoms with Crippen molar-refractivity contribution in [3.05, 3.63) is 139 Å². The quantitative estimate of drug-likeness (QED) is 0.0451. The lowest BCUT2D eigenvalue weighted by Gasteiger charge is -2.25. The van der Waals surface area contributed by atoms with Gasteiger partial charge in [-0.3, -0.25) is 25.2 Å². The van der Waals surface area contributed by atoms with Crippen molar-refractivity contribution >= 4 is 35.1 Å². The van der Waals surface area contributed by atoms with Gasteiger partial charge in [0.1, 0.15) is 54.2 Å². The highest BCUT2D eigenvalue weighted by Crippen LogP contribution is 2.36. The summed E-state index contributed by atoms with van der Waals surface area (Å²) in [7, 11) is 0. The number of nitrogens with one attached hydrogen (secondary N) is 2. The molecule has 6 N–H and O–H groups in total. The molecule has 2 unspecified atom stereocenters. The molecule has 0 aliphatic rings. The number of halogens is 2. The lowest BCUT2D eigenvalue weighted by atomic mass is 9.92. The van der Waals surface area contributed by atoms with Crippen LogP contribution in [0.2, 0.25) is 10.0 Å². The van der Waals surface area contributed by atoms with E-state index >= 15 is 0 Å². The van der Waals surface area contributed by atoms with Crippen molar-refractivity contribution in [2.24, 2.45) is 0 Å². The number of carboxylic acids is 2. The molecule has 0 aliphatic carbocycles. The van der Waals surface area contributed by atoms with E-state index in [1.807, 2.05) is 63.2 Å². The standard InChI is InChI=1S/C46H48Cl2N4O9/c1-27-12-41(38(47)14-34(27)20-51-45(4,25-53)43(55)56)60-23-32-8-6-10-36(28(32)2)37-11-7-9-33(29(37)3)24-61-42-16-40(59-22-31-13-30(17-49)18-50-19-31)35(15-39(42)48)21-52-46(5,26-54)44(57)58/h6-16,18-19,51-54H,20-26H2,1-5H3,(H,55,56)(H,57,58). The summed E-state index contributed by atoms with van der Waals surface area (Å²) in [5, 5.41) is 54.3. The zero-order chi connectivity index (χ0) is 44.5. The number of aliphatic hydroxyl groups excluding tert-OH is 2. The van der Waals surface area contributed by atoms with Crippen LogP contribution >= 0.6 is 23.2 Å². The van der Waals surface area contributed by atoms with Gasteiger partial charge in [0.15, 0.2) is 0 Å². The Labute approximate surface area is 364 Å². The van der Waals surface area contributed by atoms with Crippen molar-refractivity contribution in [2.75, 3.05) is 13.2 Å². The highest BCUT2D eigenvalue weighted by molar-refractivity contribution is 6.32. The van der Waals surface area contributed by atoms with Gasteiger partial charge in [-0.15, -0.1) is 0 Å². The second-order valence-corrected chi connectivity index (χ2v) is 16.0. The average Bonchev–Trinajstić information content (AvgIpc) is 3.25. The van der Waals surface area contributed by atoms with E-state index in [0.717, 1.165) is 44.5 Å². The number of benzene rings is 4. The van der Waals surface area contributed by atoms with Crippen LogP contribution < -0.4 is 24.8 Å². The Morgan fingerprint density at radius 1 is 0.689 bits per heavy atom. The van der Waals surface area contributed by atoms with Crippen molar-refractivity contribution < 1.29 is 44.2 Å². The molecule has 0 bridgehead atoms. The minimum absolute atomic E-state index is 0.00165. The van der Waals surface area contributed by atoms with Gasteiger partial charge in [-0.05, 0) is 103 Å². The molecule has 0 saturated carbocycles. The largest absolute Gasteiger partial charge is 0.488 e. The summed E-state index contributed by atoms with van der Waals surface area (Å²) in [5.74, 6) is -1.22. The summed E-state index contributed by atoms with van der Waals surface area (Å²) in [5.41, 5.74) is 5.90. The van der Waals surface area contributed by atoms with Crippen LogP contribution in [0.3, 0.4) is 0 Å². The molecule has 0 saturated heterocycles. The second kappa shape index (κ2) is 20.2. The van der Waals surface area contributed by atoms with Gasteiger partial charge in [0.2, 0.25) is 0 Å². The molecule has 61 heavy (non-hydrogen) atoms. The van der Waals surface area contributed by atoms with Gasteiger partial charge in [0, 0.05) is 42.7 Å². The summed E-state index contributed by atoms with van der Waals surface area (Å²) >= 11 is 13.4. The molecule has 320 valence electrons. The first-order valence-corrected chi connectivity index (χ1v) is 20.0. The Morgan fingerprint density at radius 3 is 1.69 bits per heavy atom. The number of ether oxygens (including phenoxy) is 3. The number of nitriles is 1. The second-order valence-electron chi connectivity index (χ2n) is 15.1. The molecule has 4 aromatic carbocycles. The summed E-state index contributed by atoms with van der Waals surface area (Å²) in [4.78, 5) is 27.6. The van der Waals surface area contributed by atoms with E-state index in [2.05, 4.69) is 21.7 Å². The number of pyridine rings is 1. The summed E-state index contributed by atoms with van der Waals surface area (Å²) in [6.07, 6.45) is 3.03. The lowest BCUT2D eigenvalue weighted by molar-refractivity contribution is -0.146. The molecule has 0 radical (unpaired) electrons. The molecule has 0 fully saturated rings. The third-order valence-corrected chi connectivity index (χ3v) is 11.3. The molecular weight excluding hydrogens is 823 g/mol. The van der Waals surface area contributed by atoms with Crippen LogP contribution in [0.1, 0.15) is 63.9 Å². The molecule has 0 amide bonds. The van der Waals surface area contributed by atoms with E-state index in [9.17, 15) is 35.3 Å². The number of rotatable bonds is 20. The highest BCUT2D eigenvalue weighted by atomic mass is 35.5. The first kappa shape index (κ1) is 46.3. The Bertz CT molecular complexity index is 2460. The smallest absolute Gasteiger partial charge is 0.326 e. The summed E-state index contributed by atoms with van der Waals surface area (Å²) < 4.78 is 18.7. The van der Waals surface area contributed by atoms with Gasteiger partial charge >= 0.3 is 11.9 Å². The predicted molar refractivity (Wildman–Crippen MR) is 231 cm³/mol. The van der Waals surface area contributed by atoms with Gasteiger partial charge < -0.3 is 34.6 Å². The van der Waals surface area contributed by atoms with Gasteiger partial charge in [0.05, 0.1) is 28.8 Å². The number of carboxylic acid groups (broad SMARTS) is 2. The van der Waals surface area contributed by atoms with Crippen LogP contribution in [0.5, 0.6) is 17.2 Å². The third-order valence-electron chi connectivity index (χ3n) is 10.7. The highest BCUT2D eigenvalue weighted by Gasteiger charge is 2.33. The molecule has 2 atom stereocenters. The van der Waals surface area contributed by atoms with Crippen LogP contribution in [0, 0.1) is 32.1 Å². The van der Waals surface area contributed by atoms with Gasteiger partial charge in [-0.1, -0.05) is 59.6 Å². The molecular formula is C46H48Cl2N4O9. The normalized spacial score (nSPS) is 13.1. The van der Waals surface area contributed by atoms with Crippen molar-refractivity contribution in [3.63, 3.8) is 0 Å².